The Kier molecular flexibility index (Phi) is 3.99. The number of carbonyl (C=O) groups is 1. The molecular weight excluding hydrogens is 230 g/mol. The van der Waals surface area contributed by atoms with Crippen molar-refractivity contribution in [3.8, 4) is 0 Å². The first kappa shape index (κ1) is 13.1. The zero-order chi connectivity index (χ0) is 13.0. The van der Waals surface area contributed by atoms with Gasteiger partial charge in [-0.25, -0.2) is 0 Å². The molecule has 2 atom stereocenters. The van der Waals surface area contributed by atoms with Gasteiger partial charge < -0.3 is 15.2 Å². The average Bonchev–Trinajstić information content (AvgIpc) is 2.83. The van der Waals surface area contributed by atoms with Crippen LogP contribution in [0.4, 0.5) is 0 Å². The van der Waals surface area contributed by atoms with Crippen molar-refractivity contribution >= 4 is 5.91 Å². The zero-order valence-corrected chi connectivity index (χ0v) is 10.6. The van der Waals surface area contributed by atoms with Gasteiger partial charge in [0.15, 0.2) is 0 Å². The molecule has 1 fully saturated rings. The second-order valence-corrected chi connectivity index (χ2v) is 4.88. The van der Waals surface area contributed by atoms with Crippen molar-refractivity contribution in [1.82, 2.24) is 5.32 Å². The molecule has 1 heterocycles. The average molecular weight is 249 g/mol. The van der Waals surface area contributed by atoms with Crippen LogP contribution in [0.25, 0.3) is 0 Å². The largest absolute Gasteiger partial charge is 0.386 e. The van der Waals surface area contributed by atoms with Gasteiger partial charge in [-0.1, -0.05) is 30.3 Å². The second kappa shape index (κ2) is 5.50. The van der Waals surface area contributed by atoms with E-state index in [4.69, 9.17) is 4.74 Å². The fraction of sp³-hybridized carbons (Fsp3) is 0.500. The summed E-state index contributed by atoms with van der Waals surface area (Å²) in [6.07, 6.45) is 0.576. The Balaban J connectivity index is 1.88. The van der Waals surface area contributed by atoms with Crippen LogP contribution in [0.3, 0.4) is 0 Å². The van der Waals surface area contributed by atoms with Crippen molar-refractivity contribution in [3.05, 3.63) is 35.9 Å². The lowest BCUT2D eigenvalue weighted by Crippen LogP contribution is -2.44. The molecule has 0 aliphatic carbocycles. The lowest BCUT2D eigenvalue weighted by Gasteiger charge is -2.22. The Bertz CT molecular complexity index is 399. The van der Waals surface area contributed by atoms with Gasteiger partial charge in [0.25, 0.3) is 0 Å². The highest BCUT2D eigenvalue weighted by Gasteiger charge is 2.32. The maximum Gasteiger partial charge on any atom is 0.227 e. The van der Waals surface area contributed by atoms with Gasteiger partial charge in [-0.05, 0) is 12.5 Å². The molecule has 18 heavy (non-hydrogen) atoms. The monoisotopic (exact) mass is 249 g/mol. The maximum atomic E-state index is 12.0. The van der Waals surface area contributed by atoms with E-state index >= 15 is 0 Å². The van der Waals surface area contributed by atoms with Crippen molar-refractivity contribution in [1.29, 1.82) is 0 Å². The van der Waals surface area contributed by atoms with Gasteiger partial charge in [-0.3, -0.25) is 4.79 Å². The van der Waals surface area contributed by atoms with Crippen LogP contribution in [0.2, 0.25) is 0 Å². The standard InChI is InChI=1S/C14H19NO3/c1-11(12-5-3-2-4-6-12)13(16)15-9-14(17)7-8-18-10-14/h2-6,11,17H,7-10H2,1H3,(H,15,16). The summed E-state index contributed by atoms with van der Waals surface area (Å²) in [5.41, 5.74) is 0.0798. The summed E-state index contributed by atoms with van der Waals surface area (Å²) in [4.78, 5) is 12.0. The Morgan fingerprint density at radius 2 is 2.22 bits per heavy atom. The summed E-state index contributed by atoms with van der Waals surface area (Å²) in [6.45, 7) is 2.97. The lowest BCUT2D eigenvalue weighted by molar-refractivity contribution is -0.123. The fourth-order valence-corrected chi connectivity index (χ4v) is 2.03. The Morgan fingerprint density at radius 3 is 2.83 bits per heavy atom. The third kappa shape index (κ3) is 3.09. The zero-order valence-electron chi connectivity index (χ0n) is 10.6. The number of amides is 1. The minimum atomic E-state index is -0.897. The van der Waals surface area contributed by atoms with E-state index in [0.29, 0.717) is 19.6 Å². The van der Waals surface area contributed by atoms with Gasteiger partial charge in [-0.15, -0.1) is 0 Å². The smallest absolute Gasteiger partial charge is 0.227 e. The molecule has 1 saturated heterocycles. The molecule has 0 radical (unpaired) electrons. The maximum absolute atomic E-state index is 12.0. The predicted molar refractivity (Wildman–Crippen MR) is 68.3 cm³/mol. The second-order valence-electron chi connectivity index (χ2n) is 4.88. The van der Waals surface area contributed by atoms with Crippen molar-refractivity contribution in [2.24, 2.45) is 0 Å². The van der Waals surface area contributed by atoms with E-state index in [2.05, 4.69) is 5.32 Å². The van der Waals surface area contributed by atoms with Crippen LogP contribution in [0.5, 0.6) is 0 Å². The van der Waals surface area contributed by atoms with Crippen LogP contribution >= 0.6 is 0 Å². The molecule has 0 bridgehead atoms. The number of benzene rings is 1. The molecule has 4 nitrogen and oxygen atoms in total. The summed E-state index contributed by atoms with van der Waals surface area (Å²) in [7, 11) is 0. The number of hydrogen-bond acceptors (Lipinski definition) is 3. The Labute approximate surface area is 107 Å². The molecule has 1 aliphatic heterocycles. The van der Waals surface area contributed by atoms with Crippen LogP contribution in [0.1, 0.15) is 24.8 Å². The first-order chi connectivity index (χ1) is 8.61. The Morgan fingerprint density at radius 1 is 1.50 bits per heavy atom. The van der Waals surface area contributed by atoms with E-state index in [-0.39, 0.29) is 18.4 Å². The van der Waals surface area contributed by atoms with Gasteiger partial charge in [-0.2, -0.15) is 0 Å². The minimum absolute atomic E-state index is 0.0680. The predicted octanol–water partition coefficient (Wildman–Crippen LogP) is 1.06. The summed E-state index contributed by atoms with van der Waals surface area (Å²) < 4.78 is 5.14. The molecule has 2 rings (SSSR count). The van der Waals surface area contributed by atoms with E-state index in [9.17, 15) is 9.90 Å². The van der Waals surface area contributed by atoms with Crippen molar-refractivity contribution in [3.63, 3.8) is 0 Å². The van der Waals surface area contributed by atoms with Crippen molar-refractivity contribution in [2.45, 2.75) is 24.9 Å². The van der Waals surface area contributed by atoms with E-state index in [1.54, 1.807) is 0 Å². The van der Waals surface area contributed by atoms with Crippen LogP contribution < -0.4 is 5.32 Å². The molecule has 4 heteroatoms. The van der Waals surface area contributed by atoms with Gasteiger partial charge in [0.2, 0.25) is 5.91 Å². The van der Waals surface area contributed by atoms with Gasteiger partial charge in [0.1, 0.15) is 5.60 Å². The summed E-state index contributed by atoms with van der Waals surface area (Å²) >= 11 is 0. The summed E-state index contributed by atoms with van der Waals surface area (Å²) in [5.74, 6) is -0.279. The lowest BCUT2D eigenvalue weighted by atomic mass is 9.99. The molecule has 1 amide bonds. The minimum Gasteiger partial charge on any atom is -0.386 e. The van der Waals surface area contributed by atoms with Gasteiger partial charge in [0.05, 0.1) is 12.5 Å². The van der Waals surface area contributed by atoms with Gasteiger partial charge in [0, 0.05) is 19.6 Å². The number of hydrogen-bond donors (Lipinski definition) is 2. The summed E-state index contributed by atoms with van der Waals surface area (Å²) in [6, 6.07) is 9.61. The number of carbonyl (C=O) groups excluding carboxylic acids is 1. The van der Waals surface area contributed by atoms with E-state index in [1.807, 2.05) is 37.3 Å². The van der Waals surface area contributed by atoms with E-state index in [1.165, 1.54) is 0 Å². The van der Waals surface area contributed by atoms with Crippen LogP contribution in [-0.2, 0) is 9.53 Å². The highest BCUT2D eigenvalue weighted by Crippen LogP contribution is 2.18. The van der Waals surface area contributed by atoms with E-state index < -0.39 is 5.60 Å². The quantitative estimate of drug-likeness (QED) is 0.839. The highest BCUT2D eigenvalue weighted by atomic mass is 16.5. The summed E-state index contributed by atoms with van der Waals surface area (Å²) in [5, 5.41) is 12.8. The first-order valence-electron chi connectivity index (χ1n) is 6.23. The van der Waals surface area contributed by atoms with Crippen LogP contribution in [-0.4, -0.2) is 36.4 Å². The topological polar surface area (TPSA) is 58.6 Å². The van der Waals surface area contributed by atoms with Gasteiger partial charge >= 0.3 is 0 Å². The molecule has 1 aliphatic rings. The molecule has 1 aromatic rings. The third-order valence-electron chi connectivity index (χ3n) is 3.37. The molecular formula is C14H19NO3. The molecule has 2 unspecified atom stereocenters. The Hall–Kier alpha value is -1.39. The molecule has 0 aromatic heterocycles. The van der Waals surface area contributed by atoms with Crippen molar-refractivity contribution < 1.29 is 14.6 Å². The van der Waals surface area contributed by atoms with Crippen LogP contribution in [0.15, 0.2) is 30.3 Å². The highest BCUT2D eigenvalue weighted by molar-refractivity contribution is 5.83. The van der Waals surface area contributed by atoms with Crippen molar-refractivity contribution in [2.75, 3.05) is 19.8 Å². The number of aliphatic hydroxyl groups is 1. The number of ether oxygens (including phenoxy) is 1. The molecule has 98 valence electrons. The SMILES string of the molecule is CC(C(=O)NCC1(O)CCOC1)c1ccccc1. The normalized spacial score (nSPS) is 24.8. The molecule has 0 saturated carbocycles. The number of rotatable bonds is 4. The fourth-order valence-electron chi connectivity index (χ4n) is 2.03. The first-order valence-corrected chi connectivity index (χ1v) is 6.23. The molecule has 0 spiro atoms. The van der Waals surface area contributed by atoms with E-state index in [0.717, 1.165) is 5.56 Å². The molecule has 2 N–H and O–H groups in total. The molecule has 1 aromatic carbocycles. The van der Waals surface area contributed by atoms with Crippen LogP contribution in [0, 0.1) is 0 Å². The third-order valence-corrected chi connectivity index (χ3v) is 3.37. The number of nitrogens with one attached hydrogen (secondary N) is 1.